The van der Waals surface area contributed by atoms with Crippen molar-refractivity contribution in [1.82, 2.24) is 4.98 Å². The number of nitrogens with one attached hydrogen (secondary N) is 1. The second-order valence-corrected chi connectivity index (χ2v) is 4.56. The Kier molecular flexibility index (Phi) is 3.27. The quantitative estimate of drug-likeness (QED) is 0.910. The van der Waals surface area contributed by atoms with E-state index in [9.17, 15) is 9.59 Å². The number of pyridine rings is 1. The van der Waals surface area contributed by atoms with Gasteiger partial charge >= 0.3 is 0 Å². The molecule has 106 valence electrons. The van der Waals surface area contributed by atoms with Crippen LogP contribution in [0.4, 0.5) is 11.4 Å². The van der Waals surface area contributed by atoms with Crippen LogP contribution in [0.1, 0.15) is 10.5 Å². The molecular formula is C15H13N3O3. The topological polar surface area (TPSA) is 71.5 Å². The first-order chi connectivity index (χ1) is 10.2. The van der Waals surface area contributed by atoms with E-state index in [0.717, 1.165) is 0 Å². The molecule has 0 spiro atoms. The van der Waals surface area contributed by atoms with Crippen molar-refractivity contribution in [2.24, 2.45) is 0 Å². The first-order valence-electron chi connectivity index (χ1n) is 6.41. The standard InChI is InChI=1S/C15H13N3O3/c1-18-13(19)9-21-12-7-4-6-10(14(12)18)17-15(20)11-5-2-3-8-16-11/h2-8H,9H2,1H3,(H,17,20). The lowest BCUT2D eigenvalue weighted by atomic mass is 10.2. The molecule has 0 atom stereocenters. The molecule has 3 rings (SSSR count). The Labute approximate surface area is 121 Å². The van der Waals surface area contributed by atoms with Gasteiger partial charge in [-0.05, 0) is 24.3 Å². The molecule has 0 saturated carbocycles. The van der Waals surface area contributed by atoms with Gasteiger partial charge in [0.05, 0.1) is 5.69 Å². The molecule has 0 saturated heterocycles. The maximum absolute atomic E-state index is 12.2. The molecule has 1 aromatic carbocycles. The Balaban J connectivity index is 1.94. The lowest BCUT2D eigenvalue weighted by Crippen LogP contribution is -2.36. The summed E-state index contributed by atoms with van der Waals surface area (Å²) in [5.74, 6) is 0.0633. The van der Waals surface area contributed by atoms with Gasteiger partial charge in [0.2, 0.25) is 0 Å². The maximum Gasteiger partial charge on any atom is 0.274 e. The number of benzene rings is 1. The van der Waals surface area contributed by atoms with Crippen LogP contribution in [0.25, 0.3) is 0 Å². The number of anilines is 2. The van der Waals surface area contributed by atoms with Crippen molar-refractivity contribution in [2.45, 2.75) is 0 Å². The number of para-hydroxylation sites is 1. The fraction of sp³-hybridized carbons (Fsp3) is 0.133. The molecule has 1 aliphatic rings. The van der Waals surface area contributed by atoms with E-state index < -0.39 is 0 Å². The Morgan fingerprint density at radius 2 is 2.14 bits per heavy atom. The first-order valence-corrected chi connectivity index (χ1v) is 6.41. The summed E-state index contributed by atoms with van der Waals surface area (Å²) in [6, 6.07) is 10.3. The Bertz CT molecular complexity index is 701. The third-order valence-electron chi connectivity index (χ3n) is 3.21. The van der Waals surface area contributed by atoms with Gasteiger partial charge in [-0.1, -0.05) is 12.1 Å². The third-order valence-corrected chi connectivity index (χ3v) is 3.21. The summed E-state index contributed by atoms with van der Waals surface area (Å²) >= 11 is 0. The fourth-order valence-electron chi connectivity index (χ4n) is 2.13. The number of fused-ring (bicyclic) bond motifs is 1. The smallest absolute Gasteiger partial charge is 0.274 e. The molecule has 2 amide bonds. The van der Waals surface area contributed by atoms with Gasteiger partial charge in [0, 0.05) is 13.2 Å². The second kappa shape index (κ2) is 5.24. The Morgan fingerprint density at radius 3 is 2.90 bits per heavy atom. The molecule has 21 heavy (non-hydrogen) atoms. The highest BCUT2D eigenvalue weighted by molar-refractivity contribution is 6.08. The number of hydrogen-bond donors (Lipinski definition) is 1. The van der Waals surface area contributed by atoms with Gasteiger partial charge in [0.25, 0.3) is 11.8 Å². The molecule has 0 unspecified atom stereocenters. The van der Waals surface area contributed by atoms with E-state index in [1.807, 2.05) is 0 Å². The van der Waals surface area contributed by atoms with Crippen LogP contribution < -0.4 is 15.0 Å². The van der Waals surface area contributed by atoms with Crippen LogP contribution in [0, 0.1) is 0 Å². The van der Waals surface area contributed by atoms with Crippen LogP contribution in [0.5, 0.6) is 5.75 Å². The molecule has 0 radical (unpaired) electrons. The number of nitrogens with zero attached hydrogens (tertiary/aromatic N) is 2. The molecule has 1 aromatic heterocycles. The van der Waals surface area contributed by atoms with Crippen molar-refractivity contribution in [3.8, 4) is 5.75 Å². The molecule has 1 N–H and O–H groups in total. The van der Waals surface area contributed by atoms with Crippen molar-refractivity contribution in [3.63, 3.8) is 0 Å². The summed E-state index contributed by atoms with van der Waals surface area (Å²) < 4.78 is 5.38. The third kappa shape index (κ3) is 2.43. The van der Waals surface area contributed by atoms with Crippen LogP contribution in [0.15, 0.2) is 42.6 Å². The van der Waals surface area contributed by atoms with Crippen LogP contribution >= 0.6 is 0 Å². The Hall–Kier alpha value is -2.89. The molecule has 0 aliphatic carbocycles. The predicted octanol–water partition coefficient (Wildman–Crippen LogP) is 1.69. The number of ether oxygens (including phenoxy) is 1. The monoisotopic (exact) mass is 283 g/mol. The van der Waals surface area contributed by atoms with Gasteiger partial charge in [-0.2, -0.15) is 0 Å². The molecule has 6 nitrogen and oxygen atoms in total. The van der Waals surface area contributed by atoms with E-state index in [-0.39, 0.29) is 18.4 Å². The van der Waals surface area contributed by atoms with Crippen LogP contribution in [0.3, 0.4) is 0 Å². The number of amides is 2. The average molecular weight is 283 g/mol. The highest BCUT2D eigenvalue weighted by Crippen LogP contribution is 2.38. The first kappa shape index (κ1) is 13.1. The zero-order valence-electron chi connectivity index (χ0n) is 11.4. The lowest BCUT2D eigenvalue weighted by Gasteiger charge is -2.28. The molecular weight excluding hydrogens is 270 g/mol. The minimum atomic E-state index is -0.338. The summed E-state index contributed by atoms with van der Waals surface area (Å²) in [5.41, 5.74) is 1.37. The average Bonchev–Trinajstić information content (AvgIpc) is 2.52. The fourth-order valence-corrected chi connectivity index (χ4v) is 2.13. The summed E-state index contributed by atoms with van der Waals surface area (Å²) in [7, 11) is 1.65. The molecule has 2 heterocycles. The summed E-state index contributed by atoms with van der Waals surface area (Å²) in [6.45, 7) is 0.00113. The van der Waals surface area contributed by atoms with Gasteiger partial charge in [-0.15, -0.1) is 0 Å². The van der Waals surface area contributed by atoms with Gasteiger partial charge in [-0.3, -0.25) is 14.6 Å². The highest BCUT2D eigenvalue weighted by Gasteiger charge is 2.25. The predicted molar refractivity (Wildman–Crippen MR) is 77.5 cm³/mol. The van der Waals surface area contributed by atoms with E-state index >= 15 is 0 Å². The van der Waals surface area contributed by atoms with E-state index in [0.29, 0.717) is 22.8 Å². The molecule has 0 fully saturated rings. The molecule has 2 aromatic rings. The number of hydrogen-bond acceptors (Lipinski definition) is 4. The van der Waals surface area contributed by atoms with Crippen LogP contribution in [0.2, 0.25) is 0 Å². The van der Waals surface area contributed by atoms with Crippen molar-refractivity contribution in [1.29, 1.82) is 0 Å². The number of carbonyl (C=O) groups excluding carboxylic acids is 2. The number of aromatic nitrogens is 1. The lowest BCUT2D eigenvalue weighted by molar-refractivity contribution is -0.120. The zero-order valence-corrected chi connectivity index (χ0v) is 11.4. The van der Waals surface area contributed by atoms with Gasteiger partial charge in [0.1, 0.15) is 17.1 Å². The normalized spacial score (nSPS) is 13.4. The maximum atomic E-state index is 12.2. The SMILES string of the molecule is CN1C(=O)COc2cccc(NC(=O)c3ccccn3)c21. The van der Waals surface area contributed by atoms with Gasteiger partial charge in [0.15, 0.2) is 6.61 Å². The molecule has 0 bridgehead atoms. The number of carbonyl (C=O) groups is 2. The van der Waals surface area contributed by atoms with Crippen molar-refractivity contribution < 1.29 is 14.3 Å². The van der Waals surface area contributed by atoms with E-state index in [1.165, 1.54) is 4.90 Å². The Morgan fingerprint density at radius 1 is 1.29 bits per heavy atom. The van der Waals surface area contributed by atoms with E-state index in [4.69, 9.17) is 4.74 Å². The largest absolute Gasteiger partial charge is 0.481 e. The minimum absolute atomic E-state index is 0.00113. The number of rotatable bonds is 2. The number of likely N-dealkylation sites (N-methyl/N-ethyl adjacent to an activating group) is 1. The van der Waals surface area contributed by atoms with Crippen LogP contribution in [-0.4, -0.2) is 30.5 Å². The minimum Gasteiger partial charge on any atom is -0.481 e. The zero-order chi connectivity index (χ0) is 14.8. The van der Waals surface area contributed by atoms with Gasteiger partial charge in [-0.25, -0.2) is 0 Å². The second-order valence-electron chi connectivity index (χ2n) is 4.56. The highest BCUT2D eigenvalue weighted by atomic mass is 16.5. The molecule has 1 aliphatic heterocycles. The summed E-state index contributed by atoms with van der Waals surface area (Å²) in [6.07, 6.45) is 1.55. The van der Waals surface area contributed by atoms with Crippen molar-refractivity contribution in [3.05, 3.63) is 48.3 Å². The van der Waals surface area contributed by atoms with Crippen molar-refractivity contribution in [2.75, 3.05) is 23.9 Å². The van der Waals surface area contributed by atoms with E-state index in [2.05, 4.69) is 10.3 Å². The van der Waals surface area contributed by atoms with Gasteiger partial charge < -0.3 is 15.0 Å². The van der Waals surface area contributed by atoms with Crippen LogP contribution in [-0.2, 0) is 4.79 Å². The van der Waals surface area contributed by atoms with E-state index in [1.54, 1.807) is 49.6 Å². The summed E-state index contributed by atoms with van der Waals surface area (Å²) in [4.78, 5) is 29.4. The molecule has 6 heteroatoms. The van der Waals surface area contributed by atoms with Crippen molar-refractivity contribution >= 4 is 23.2 Å². The summed E-state index contributed by atoms with van der Waals surface area (Å²) in [5, 5.41) is 2.76.